The van der Waals surface area contributed by atoms with E-state index in [9.17, 15) is 10.1 Å². The second-order valence-corrected chi connectivity index (χ2v) is 4.92. The highest BCUT2D eigenvalue weighted by Crippen LogP contribution is 2.29. The van der Waals surface area contributed by atoms with Gasteiger partial charge >= 0.3 is 5.69 Å². The lowest BCUT2D eigenvalue weighted by molar-refractivity contribution is -0.385. The zero-order chi connectivity index (χ0) is 15.4. The molecule has 1 N–H and O–H groups in total. The van der Waals surface area contributed by atoms with Crippen LogP contribution in [0.4, 0.5) is 11.4 Å². The Kier molecular flexibility index (Phi) is 4.42. The summed E-state index contributed by atoms with van der Waals surface area (Å²) in [7, 11) is 1.42. The third-order valence-corrected chi connectivity index (χ3v) is 3.44. The first-order valence-corrected chi connectivity index (χ1v) is 6.63. The maximum absolute atomic E-state index is 11.0. The molecule has 21 heavy (non-hydrogen) atoms. The molecule has 110 valence electrons. The van der Waals surface area contributed by atoms with Crippen molar-refractivity contribution in [2.75, 3.05) is 12.4 Å². The molecule has 0 radical (unpaired) electrons. The average molecular weight is 286 g/mol. The van der Waals surface area contributed by atoms with Crippen LogP contribution in [0.2, 0.25) is 0 Å². The Morgan fingerprint density at radius 2 is 1.90 bits per heavy atom. The van der Waals surface area contributed by atoms with Gasteiger partial charge in [-0.05, 0) is 42.7 Å². The van der Waals surface area contributed by atoms with Gasteiger partial charge in [0.05, 0.1) is 12.0 Å². The minimum absolute atomic E-state index is 0.0393. The minimum Gasteiger partial charge on any atom is -0.490 e. The minimum atomic E-state index is -0.444. The highest BCUT2D eigenvalue weighted by atomic mass is 16.6. The molecule has 2 rings (SSSR count). The number of nitro groups is 1. The molecular weight excluding hydrogens is 268 g/mol. The van der Waals surface area contributed by atoms with E-state index in [-0.39, 0.29) is 11.4 Å². The van der Waals surface area contributed by atoms with Crippen LogP contribution in [0.1, 0.15) is 16.7 Å². The number of rotatable bonds is 5. The first-order chi connectivity index (χ1) is 10.0. The van der Waals surface area contributed by atoms with Crippen molar-refractivity contribution in [1.29, 1.82) is 0 Å². The lowest BCUT2D eigenvalue weighted by atomic mass is 10.1. The third kappa shape index (κ3) is 3.51. The maximum atomic E-state index is 11.0. The number of nitrogens with one attached hydrogen (secondary N) is 1. The smallest absolute Gasteiger partial charge is 0.312 e. The van der Waals surface area contributed by atoms with Crippen LogP contribution in [0, 0.1) is 24.0 Å². The van der Waals surface area contributed by atoms with E-state index in [1.807, 2.05) is 6.07 Å². The number of ether oxygens (including phenoxy) is 1. The summed E-state index contributed by atoms with van der Waals surface area (Å²) in [5.74, 6) is 0.261. The molecule has 0 aliphatic carbocycles. The molecule has 0 aromatic heterocycles. The molecule has 2 aromatic carbocycles. The molecule has 0 saturated carbocycles. The van der Waals surface area contributed by atoms with Crippen molar-refractivity contribution in [3.8, 4) is 5.75 Å². The fraction of sp³-hybridized carbons (Fsp3) is 0.250. The van der Waals surface area contributed by atoms with Gasteiger partial charge in [-0.3, -0.25) is 10.1 Å². The number of aryl methyl sites for hydroxylation is 2. The fourth-order valence-corrected chi connectivity index (χ4v) is 2.06. The molecule has 0 unspecified atom stereocenters. The predicted octanol–water partition coefficient (Wildman–Crippen LogP) is 3.83. The van der Waals surface area contributed by atoms with Crippen LogP contribution >= 0.6 is 0 Å². The van der Waals surface area contributed by atoms with Crippen molar-refractivity contribution in [2.45, 2.75) is 20.4 Å². The van der Waals surface area contributed by atoms with Gasteiger partial charge in [0.25, 0.3) is 0 Å². The number of hydrogen-bond acceptors (Lipinski definition) is 4. The zero-order valence-corrected chi connectivity index (χ0v) is 12.3. The van der Waals surface area contributed by atoms with Crippen LogP contribution in [-0.2, 0) is 6.54 Å². The van der Waals surface area contributed by atoms with Gasteiger partial charge in [-0.25, -0.2) is 0 Å². The molecule has 5 nitrogen and oxygen atoms in total. The Balaban J connectivity index is 2.14. The van der Waals surface area contributed by atoms with Crippen molar-refractivity contribution in [3.63, 3.8) is 0 Å². The second-order valence-electron chi connectivity index (χ2n) is 4.92. The van der Waals surface area contributed by atoms with Gasteiger partial charge in [-0.1, -0.05) is 18.2 Å². The fourth-order valence-electron chi connectivity index (χ4n) is 2.06. The van der Waals surface area contributed by atoms with Gasteiger partial charge in [0, 0.05) is 18.3 Å². The Morgan fingerprint density at radius 3 is 2.52 bits per heavy atom. The Hall–Kier alpha value is -2.56. The summed E-state index contributed by atoms with van der Waals surface area (Å²) >= 11 is 0. The molecule has 0 aliphatic rings. The van der Waals surface area contributed by atoms with Crippen LogP contribution < -0.4 is 10.1 Å². The van der Waals surface area contributed by atoms with E-state index >= 15 is 0 Å². The summed E-state index contributed by atoms with van der Waals surface area (Å²) < 4.78 is 4.98. The number of methoxy groups -OCH3 is 1. The molecule has 0 bridgehead atoms. The van der Waals surface area contributed by atoms with Crippen molar-refractivity contribution < 1.29 is 9.66 Å². The lowest BCUT2D eigenvalue weighted by Crippen LogP contribution is -2.01. The van der Waals surface area contributed by atoms with Crippen molar-refractivity contribution in [1.82, 2.24) is 0 Å². The molecule has 0 fully saturated rings. The lowest BCUT2D eigenvalue weighted by Gasteiger charge is -2.09. The molecule has 0 aliphatic heterocycles. The Bertz CT molecular complexity index is 669. The normalized spacial score (nSPS) is 10.2. The van der Waals surface area contributed by atoms with Crippen LogP contribution in [0.5, 0.6) is 5.75 Å². The third-order valence-electron chi connectivity index (χ3n) is 3.44. The van der Waals surface area contributed by atoms with Gasteiger partial charge in [0.15, 0.2) is 5.75 Å². The van der Waals surface area contributed by atoms with E-state index in [1.54, 1.807) is 12.1 Å². The number of nitrogens with zero attached hydrogens (tertiary/aromatic N) is 1. The quantitative estimate of drug-likeness (QED) is 0.670. The van der Waals surface area contributed by atoms with Crippen molar-refractivity contribution in [2.24, 2.45) is 0 Å². The monoisotopic (exact) mass is 286 g/mol. The molecule has 2 aromatic rings. The summed E-state index contributed by atoms with van der Waals surface area (Å²) in [6.45, 7) is 4.75. The molecule has 0 saturated heterocycles. The summed E-state index contributed by atoms with van der Waals surface area (Å²) in [5, 5.41) is 14.2. The highest BCUT2D eigenvalue weighted by Gasteiger charge is 2.14. The Morgan fingerprint density at radius 1 is 1.14 bits per heavy atom. The van der Waals surface area contributed by atoms with Crippen molar-refractivity contribution in [3.05, 3.63) is 63.2 Å². The number of anilines is 1. The SMILES string of the molecule is COc1ccc(NCc2ccc(C)c(C)c2)cc1[N+](=O)[O-]. The van der Waals surface area contributed by atoms with Gasteiger partial charge in [0.2, 0.25) is 0 Å². The van der Waals surface area contributed by atoms with E-state index in [2.05, 4.69) is 31.3 Å². The standard InChI is InChI=1S/C16H18N2O3/c1-11-4-5-13(8-12(11)2)10-17-14-6-7-16(21-3)15(9-14)18(19)20/h4-9,17H,10H2,1-3H3. The van der Waals surface area contributed by atoms with E-state index in [4.69, 9.17) is 4.74 Å². The number of hydrogen-bond donors (Lipinski definition) is 1. The summed E-state index contributed by atoms with van der Waals surface area (Å²) in [4.78, 5) is 10.5. The molecule has 0 heterocycles. The molecule has 0 spiro atoms. The Labute approximate surface area is 123 Å². The van der Waals surface area contributed by atoms with Crippen LogP contribution in [0.25, 0.3) is 0 Å². The summed E-state index contributed by atoms with van der Waals surface area (Å²) in [5.41, 5.74) is 4.27. The van der Waals surface area contributed by atoms with Crippen LogP contribution in [0.3, 0.4) is 0 Å². The number of benzene rings is 2. The van der Waals surface area contributed by atoms with E-state index in [0.717, 1.165) is 5.56 Å². The second kappa shape index (κ2) is 6.26. The largest absolute Gasteiger partial charge is 0.490 e. The van der Waals surface area contributed by atoms with Crippen molar-refractivity contribution >= 4 is 11.4 Å². The van der Waals surface area contributed by atoms with Gasteiger partial charge in [-0.2, -0.15) is 0 Å². The van der Waals surface area contributed by atoms with Crippen LogP contribution in [0.15, 0.2) is 36.4 Å². The molecular formula is C16H18N2O3. The first kappa shape index (κ1) is 14.8. The average Bonchev–Trinajstić information content (AvgIpc) is 2.48. The topological polar surface area (TPSA) is 64.4 Å². The molecule has 0 amide bonds. The van der Waals surface area contributed by atoms with E-state index in [1.165, 1.54) is 24.3 Å². The van der Waals surface area contributed by atoms with E-state index in [0.29, 0.717) is 12.2 Å². The molecule has 0 atom stereocenters. The summed E-state index contributed by atoms with van der Waals surface area (Å²) in [6, 6.07) is 11.1. The van der Waals surface area contributed by atoms with Crippen LogP contribution in [-0.4, -0.2) is 12.0 Å². The van der Waals surface area contributed by atoms with Gasteiger partial charge < -0.3 is 10.1 Å². The highest BCUT2D eigenvalue weighted by molar-refractivity contribution is 5.58. The van der Waals surface area contributed by atoms with Gasteiger partial charge in [-0.15, -0.1) is 0 Å². The van der Waals surface area contributed by atoms with E-state index < -0.39 is 4.92 Å². The first-order valence-electron chi connectivity index (χ1n) is 6.63. The predicted molar refractivity (Wildman–Crippen MR) is 82.9 cm³/mol. The maximum Gasteiger partial charge on any atom is 0.312 e. The number of nitro benzene ring substituents is 1. The van der Waals surface area contributed by atoms with Gasteiger partial charge in [0.1, 0.15) is 0 Å². The summed E-state index contributed by atoms with van der Waals surface area (Å²) in [6.07, 6.45) is 0. The zero-order valence-electron chi connectivity index (χ0n) is 12.3. The molecule has 5 heteroatoms.